The predicted octanol–water partition coefficient (Wildman–Crippen LogP) is 3.02. The first-order valence-corrected chi connectivity index (χ1v) is 9.97. The van der Waals surface area contributed by atoms with E-state index in [1.165, 1.54) is 6.20 Å². The summed E-state index contributed by atoms with van der Waals surface area (Å²) >= 11 is 11.9. The van der Waals surface area contributed by atoms with Gasteiger partial charge in [0.15, 0.2) is 0 Å². The number of ether oxygens (including phenoxy) is 1. The zero-order chi connectivity index (χ0) is 19.9. The maximum absolute atomic E-state index is 12.0. The van der Waals surface area contributed by atoms with Crippen LogP contribution in [-0.2, 0) is 0 Å². The van der Waals surface area contributed by atoms with Crippen LogP contribution in [0.4, 0.5) is 0 Å². The monoisotopic (exact) mass is 423 g/mol. The van der Waals surface area contributed by atoms with Crippen LogP contribution in [0.5, 0.6) is 5.75 Å². The Bertz CT molecular complexity index is 784. The van der Waals surface area contributed by atoms with Crippen molar-refractivity contribution in [1.82, 2.24) is 15.2 Å². The van der Waals surface area contributed by atoms with Gasteiger partial charge in [0.05, 0.1) is 21.7 Å². The molecule has 1 aromatic carbocycles. The molecule has 1 aliphatic heterocycles. The molecule has 2 heterocycles. The van der Waals surface area contributed by atoms with Crippen LogP contribution >= 0.6 is 23.2 Å². The van der Waals surface area contributed by atoms with Gasteiger partial charge in [-0.15, -0.1) is 0 Å². The maximum Gasteiger partial charge on any atom is 0.252 e. The number of hydrogen-bond donors (Lipinski definition) is 2. The molecule has 3 rings (SSSR count). The normalized spacial score (nSPS) is 16.5. The molecule has 1 saturated heterocycles. The molecule has 1 atom stereocenters. The molecule has 2 aromatic rings. The molecule has 1 amide bonds. The highest BCUT2D eigenvalue weighted by Crippen LogP contribution is 2.28. The first kappa shape index (κ1) is 20.9. The lowest BCUT2D eigenvalue weighted by Gasteiger charge is -2.33. The van der Waals surface area contributed by atoms with Crippen LogP contribution in [0.15, 0.2) is 42.7 Å². The van der Waals surface area contributed by atoms with Crippen LogP contribution in [0, 0.1) is 0 Å². The van der Waals surface area contributed by atoms with Crippen molar-refractivity contribution in [1.29, 1.82) is 0 Å². The van der Waals surface area contributed by atoms with E-state index in [4.69, 9.17) is 27.9 Å². The zero-order valence-electron chi connectivity index (χ0n) is 15.4. The molecular formula is C20H23Cl2N3O3. The lowest BCUT2D eigenvalue weighted by Crippen LogP contribution is -2.45. The molecular weight excluding hydrogens is 401 g/mol. The zero-order valence-corrected chi connectivity index (χ0v) is 16.9. The number of nitrogens with one attached hydrogen (secondary N) is 1. The van der Waals surface area contributed by atoms with Gasteiger partial charge in [-0.25, -0.2) is 0 Å². The van der Waals surface area contributed by atoms with Gasteiger partial charge in [0.1, 0.15) is 11.9 Å². The Kier molecular flexibility index (Phi) is 7.50. The van der Waals surface area contributed by atoms with Crippen molar-refractivity contribution < 1.29 is 14.6 Å². The van der Waals surface area contributed by atoms with Gasteiger partial charge in [0.2, 0.25) is 0 Å². The van der Waals surface area contributed by atoms with Gasteiger partial charge in [0.25, 0.3) is 5.91 Å². The van der Waals surface area contributed by atoms with E-state index in [9.17, 15) is 9.90 Å². The number of piperidine rings is 1. The van der Waals surface area contributed by atoms with E-state index in [2.05, 4.69) is 15.2 Å². The number of amides is 1. The number of carbonyl (C=O) groups excluding carboxylic acids is 1. The Morgan fingerprint density at radius 1 is 1.29 bits per heavy atom. The Hall–Kier alpha value is -1.86. The second kappa shape index (κ2) is 10.1. The van der Waals surface area contributed by atoms with Crippen LogP contribution in [0.2, 0.25) is 10.0 Å². The summed E-state index contributed by atoms with van der Waals surface area (Å²) in [4.78, 5) is 18.1. The number of aliphatic hydroxyl groups is 1. The van der Waals surface area contributed by atoms with Crippen molar-refractivity contribution in [3.8, 4) is 5.75 Å². The largest absolute Gasteiger partial charge is 0.490 e. The van der Waals surface area contributed by atoms with Gasteiger partial charge in [-0.1, -0.05) is 23.2 Å². The smallest absolute Gasteiger partial charge is 0.252 e. The highest BCUT2D eigenvalue weighted by molar-refractivity contribution is 6.42. The summed E-state index contributed by atoms with van der Waals surface area (Å²) in [6, 6.07) is 8.66. The second-order valence-electron chi connectivity index (χ2n) is 6.80. The Labute approximate surface area is 174 Å². The van der Waals surface area contributed by atoms with E-state index in [1.54, 1.807) is 30.5 Å². The number of β-amino-alcohol motifs (C(OH)–C–C–N with tert-alkyl or cyclic N) is 1. The van der Waals surface area contributed by atoms with Crippen LogP contribution in [0.3, 0.4) is 0 Å². The third kappa shape index (κ3) is 6.07. The lowest BCUT2D eigenvalue weighted by atomic mass is 10.1. The molecule has 0 aliphatic carbocycles. The predicted molar refractivity (Wildman–Crippen MR) is 109 cm³/mol. The summed E-state index contributed by atoms with van der Waals surface area (Å²) in [6.45, 7) is 2.35. The van der Waals surface area contributed by atoms with Gasteiger partial charge in [-0.3, -0.25) is 9.78 Å². The van der Waals surface area contributed by atoms with Crippen molar-refractivity contribution in [3.63, 3.8) is 0 Å². The van der Waals surface area contributed by atoms with Crippen molar-refractivity contribution in [2.75, 3.05) is 26.2 Å². The van der Waals surface area contributed by atoms with E-state index in [-0.39, 0.29) is 18.6 Å². The molecule has 6 nitrogen and oxygen atoms in total. The Morgan fingerprint density at radius 2 is 2.07 bits per heavy atom. The van der Waals surface area contributed by atoms with Crippen LogP contribution < -0.4 is 10.1 Å². The molecule has 2 N–H and O–H groups in total. The van der Waals surface area contributed by atoms with Crippen molar-refractivity contribution in [2.45, 2.75) is 25.0 Å². The molecule has 28 heavy (non-hydrogen) atoms. The van der Waals surface area contributed by atoms with Crippen molar-refractivity contribution in [3.05, 3.63) is 58.3 Å². The summed E-state index contributed by atoms with van der Waals surface area (Å²) in [5, 5.41) is 13.9. The molecule has 8 heteroatoms. The maximum atomic E-state index is 12.0. The molecule has 0 radical (unpaired) electrons. The topological polar surface area (TPSA) is 74.7 Å². The number of nitrogens with zero attached hydrogens (tertiary/aromatic N) is 2. The van der Waals surface area contributed by atoms with Gasteiger partial charge < -0.3 is 20.1 Å². The standard InChI is InChI=1S/C20H23Cl2N3O3/c21-18-4-3-17(10-19(18)22)28-16-5-8-25(9-6-16)13-15(26)12-24-20(27)14-2-1-7-23-11-14/h1-4,7,10-11,15-16,26H,5-6,8-9,12-13H2,(H,24,27). The molecule has 0 saturated carbocycles. The average molecular weight is 424 g/mol. The summed E-state index contributed by atoms with van der Waals surface area (Å²) in [6.07, 6.45) is 4.30. The number of halogens is 2. The highest BCUT2D eigenvalue weighted by atomic mass is 35.5. The average Bonchev–Trinajstić information content (AvgIpc) is 2.71. The number of hydrogen-bond acceptors (Lipinski definition) is 5. The van der Waals surface area contributed by atoms with E-state index in [0.29, 0.717) is 27.9 Å². The molecule has 1 aromatic heterocycles. The number of benzene rings is 1. The SMILES string of the molecule is O=C(NCC(O)CN1CCC(Oc2ccc(Cl)c(Cl)c2)CC1)c1cccnc1. The molecule has 0 spiro atoms. The van der Waals surface area contributed by atoms with Crippen molar-refractivity contribution >= 4 is 29.1 Å². The Balaban J connectivity index is 1.37. The number of aliphatic hydroxyl groups excluding tert-OH is 1. The fourth-order valence-corrected chi connectivity index (χ4v) is 3.41. The molecule has 1 unspecified atom stereocenters. The summed E-state index contributed by atoms with van der Waals surface area (Å²) < 4.78 is 5.98. The van der Waals surface area contributed by atoms with Crippen LogP contribution in [-0.4, -0.2) is 59.3 Å². The lowest BCUT2D eigenvalue weighted by molar-refractivity contribution is 0.0594. The molecule has 1 fully saturated rings. The Morgan fingerprint density at radius 3 is 2.75 bits per heavy atom. The summed E-state index contributed by atoms with van der Waals surface area (Å²) in [5.41, 5.74) is 0.481. The third-order valence-electron chi connectivity index (χ3n) is 4.62. The minimum atomic E-state index is -0.631. The second-order valence-corrected chi connectivity index (χ2v) is 7.61. The minimum Gasteiger partial charge on any atom is -0.490 e. The number of carbonyl (C=O) groups is 1. The van der Waals surface area contributed by atoms with E-state index < -0.39 is 6.10 Å². The quantitative estimate of drug-likeness (QED) is 0.715. The fourth-order valence-electron chi connectivity index (χ4n) is 3.12. The van der Waals surface area contributed by atoms with E-state index >= 15 is 0 Å². The van der Waals surface area contributed by atoms with E-state index in [1.807, 2.05) is 6.07 Å². The van der Waals surface area contributed by atoms with Gasteiger partial charge in [0, 0.05) is 44.6 Å². The first-order valence-electron chi connectivity index (χ1n) is 9.21. The molecule has 1 aliphatic rings. The first-order chi connectivity index (χ1) is 13.5. The number of aromatic nitrogens is 1. The summed E-state index contributed by atoms with van der Waals surface area (Å²) in [5.74, 6) is 0.479. The summed E-state index contributed by atoms with van der Waals surface area (Å²) in [7, 11) is 0. The van der Waals surface area contributed by atoms with Crippen LogP contribution in [0.25, 0.3) is 0 Å². The van der Waals surface area contributed by atoms with Gasteiger partial charge in [-0.05, 0) is 37.1 Å². The van der Waals surface area contributed by atoms with Gasteiger partial charge >= 0.3 is 0 Å². The van der Waals surface area contributed by atoms with Crippen LogP contribution in [0.1, 0.15) is 23.2 Å². The van der Waals surface area contributed by atoms with Crippen molar-refractivity contribution in [2.24, 2.45) is 0 Å². The molecule has 150 valence electrons. The number of likely N-dealkylation sites (tertiary alicyclic amines) is 1. The molecule has 0 bridgehead atoms. The number of rotatable bonds is 7. The number of pyridine rings is 1. The van der Waals surface area contributed by atoms with E-state index in [0.717, 1.165) is 25.9 Å². The minimum absolute atomic E-state index is 0.107. The highest BCUT2D eigenvalue weighted by Gasteiger charge is 2.22. The van der Waals surface area contributed by atoms with Gasteiger partial charge in [-0.2, -0.15) is 0 Å². The third-order valence-corrected chi connectivity index (χ3v) is 5.36. The fraction of sp³-hybridized carbons (Fsp3) is 0.400.